The minimum atomic E-state index is -1.75. The first-order valence-electron chi connectivity index (χ1n) is 4.59. The highest BCUT2D eigenvalue weighted by molar-refractivity contribution is 6.55. The van der Waals surface area contributed by atoms with E-state index in [1.807, 2.05) is 20.8 Å². The predicted octanol–water partition coefficient (Wildman–Crippen LogP) is 1.64. The molecule has 0 bridgehead atoms. The number of alkyl halides is 1. The van der Waals surface area contributed by atoms with Gasteiger partial charge in [-0.2, -0.15) is 0 Å². The highest BCUT2D eigenvalue weighted by atomic mass is 35.5. The molecule has 0 aromatic rings. The molecule has 1 atom stereocenters. The molecule has 1 unspecified atom stereocenters. The maximum Gasteiger partial charge on any atom is 0.329 e. The van der Waals surface area contributed by atoms with Crippen molar-refractivity contribution >= 4 is 29.1 Å². The monoisotopic (exact) mass is 234 g/mol. The molecule has 0 aliphatic rings. The van der Waals surface area contributed by atoms with Crippen LogP contribution in [0.2, 0.25) is 0 Å². The van der Waals surface area contributed by atoms with Gasteiger partial charge in [0.15, 0.2) is 5.38 Å². The van der Waals surface area contributed by atoms with E-state index in [-0.39, 0.29) is 11.8 Å². The van der Waals surface area contributed by atoms with Crippen LogP contribution < -0.4 is 0 Å². The smallest absolute Gasteiger partial charge is 0.329 e. The molecule has 0 rings (SSSR count). The molecule has 15 heavy (non-hydrogen) atoms. The molecule has 0 aliphatic heterocycles. The molecule has 0 aromatic carbocycles. The average Bonchev–Trinajstić information content (AvgIpc) is 2.10. The van der Waals surface area contributed by atoms with E-state index in [1.165, 1.54) is 0 Å². The van der Waals surface area contributed by atoms with Gasteiger partial charge in [-0.25, -0.2) is 0 Å². The fraction of sp³-hybridized carbons (Fsp3) is 0.700. The molecule has 0 radical (unpaired) electrons. The van der Waals surface area contributed by atoms with Crippen LogP contribution in [0, 0.1) is 5.41 Å². The van der Waals surface area contributed by atoms with Gasteiger partial charge in [-0.15, -0.1) is 11.6 Å². The van der Waals surface area contributed by atoms with E-state index in [2.05, 4.69) is 0 Å². The maximum absolute atomic E-state index is 11.2. The highest BCUT2D eigenvalue weighted by Gasteiger charge is 2.29. The molecule has 0 aromatic heterocycles. The summed E-state index contributed by atoms with van der Waals surface area (Å²) in [6.45, 7) is 5.79. The second-order valence-corrected chi connectivity index (χ2v) is 4.99. The average molecular weight is 235 g/mol. The lowest BCUT2D eigenvalue weighted by molar-refractivity contribution is -0.144. The fourth-order valence-electron chi connectivity index (χ4n) is 0.865. The Morgan fingerprint density at radius 1 is 1.27 bits per heavy atom. The molecule has 0 saturated carbocycles. The Hall–Kier alpha value is -0.900. The normalized spacial score (nSPS) is 13.3. The van der Waals surface area contributed by atoms with Crippen LogP contribution in [0.4, 0.5) is 0 Å². The number of carboxylic acids is 1. The van der Waals surface area contributed by atoms with Crippen molar-refractivity contribution < 1.29 is 19.5 Å². The van der Waals surface area contributed by atoms with Crippen molar-refractivity contribution in [3.8, 4) is 0 Å². The van der Waals surface area contributed by atoms with Crippen LogP contribution in [-0.2, 0) is 14.4 Å². The molecule has 0 aliphatic carbocycles. The van der Waals surface area contributed by atoms with Crippen molar-refractivity contribution in [1.29, 1.82) is 0 Å². The van der Waals surface area contributed by atoms with E-state index in [9.17, 15) is 14.4 Å². The highest BCUT2D eigenvalue weighted by Crippen LogP contribution is 2.21. The van der Waals surface area contributed by atoms with Gasteiger partial charge < -0.3 is 5.11 Å². The Balaban J connectivity index is 4.24. The Kier molecular flexibility index (Phi) is 4.94. The van der Waals surface area contributed by atoms with Crippen LogP contribution in [0.5, 0.6) is 0 Å². The van der Waals surface area contributed by atoms with Crippen molar-refractivity contribution in [3.05, 3.63) is 0 Å². The third-order valence-electron chi connectivity index (χ3n) is 1.82. The lowest BCUT2D eigenvalue weighted by Gasteiger charge is -2.16. The molecule has 0 spiro atoms. The Morgan fingerprint density at radius 3 is 2.07 bits per heavy atom. The number of halogens is 1. The Morgan fingerprint density at radius 2 is 1.73 bits per heavy atom. The van der Waals surface area contributed by atoms with Crippen molar-refractivity contribution in [2.75, 3.05) is 0 Å². The lowest BCUT2D eigenvalue weighted by atomic mass is 9.89. The van der Waals surface area contributed by atoms with Gasteiger partial charge in [0.25, 0.3) is 0 Å². The number of ketones is 2. The lowest BCUT2D eigenvalue weighted by Crippen LogP contribution is -2.31. The number of carbonyl (C=O) groups is 3. The molecule has 1 N–H and O–H groups in total. The summed E-state index contributed by atoms with van der Waals surface area (Å²) in [6, 6.07) is 0. The summed E-state index contributed by atoms with van der Waals surface area (Å²) in [7, 11) is 0. The first-order valence-corrected chi connectivity index (χ1v) is 5.03. The van der Waals surface area contributed by atoms with Crippen LogP contribution in [-0.4, -0.2) is 28.0 Å². The van der Waals surface area contributed by atoms with Gasteiger partial charge in [0.1, 0.15) is 0 Å². The summed E-state index contributed by atoms with van der Waals surface area (Å²) < 4.78 is 0. The largest absolute Gasteiger partial charge is 0.480 e. The molecular weight excluding hydrogens is 220 g/mol. The topological polar surface area (TPSA) is 71.4 Å². The molecule has 0 amide bonds. The van der Waals surface area contributed by atoms with E-state index in [4.69, 9.17) is 16.7 Å². The molecule has 0 fully saturated rings. The number of hydrogen-bond acceptors (Lipinski definition) is 3. The molecule has 86 valence electrons. The van der Waals surface area contributed by atoms with E-state index >= 15 is 0 Å². The standard InChI is InChI=1S/C10H15ClO4/c1-10(2,3)5-4-6(12)8(13)7(11)9(14)15/h7H,4-5H2,1-3H3,(H,14,15). The van der Waals surface area contributed by atoms with Gasteiger partial charge in [0.05, 0.1) is 0 Å². The van der Waals surface area contributed by atoms with Gasteiger partial charge in [-0.05, 0) is 11.8 Å². The van der Waals surface area contributed by atoms with E-state index in [0.717, 1.165) is 0 Å². The zero-order valence-corrected chi connectivity index (χ0v) is 9.80. The number of carboxylic acid groups (broad SMARTS) is 1. The number of Topliss-reactive ketones (excluding diaryl/α,β-unsaturated/α-hetero) is 2. The Labute approximate surface area is 93.6 Å². The second kappa shape index (κ2) is 5.26. The van der Waals surface area contributed by atoms with Crippen molar-refractivity contribution in [2.45, 2.75) is 39.0 Å². The minimum absolute atomic E-state index is 0.0405. The van der Waals surface area contributed by atoms with Crippen molar-refractivity contribution in [1.82, 2.24) is 0 Å². The first-order chi connectivity index (χ1) is 6.65. The number of aliphatic carboxylic acids is 1. The minimum Gasteiger partial charge on any atom is -0.480 e. The zero-order chi connectivity index (χ0) is 12.2. The van der Waals surface area contributed by atoms with Gasteiger partial charge in [0.2, 0.25) is 11.6 Å². The van der Waals surface area contributed by atoms with Gasteiger partial charge in [-0.1, -0.05) is 20.8 Å². The predicted molar refractivity (Wildman–Crippen MR) is 56.0 cm³/mol. The third-order valence-corrected chi connectivity index (χ3v) is 2.21. The second-order valence-electron chi connectivity index (χ2n) is 4.55. The van der Waals surface area contributed by atoms with Crippen LogP contribution in [0.15, 0.2) is 0 Å². The van der Waals surface area contributed by atoms with Crippen LogP contribution in [0.25, 0.3) is 0 Å². The Bertz CT molecular complexity index is 278. The summed E-state index contributed by atoms with van der Waals surface area (Å²) in [5.41, 5.74) is -0.0685. The maximum atomic E-state index is 11.2. The molecule has 4 nitrogen and oxygen atoms in total. The fourth-order valence-corrected chi connectivity index (χ4v) is 0.987. The van der Waals surface area contributed by atoms with Gasteiger partial charge in [0, 0.05) is 6.42 Å². The van der Waals surface area contributed by atoms with Crippen LogP contribution in [0.3, 0.4) is 0 Å². The van der Waals surface area contributed by atoms with Crippen molar-refractivity contribution in [2.24, 2.45) is 5.41 Å². The van der Waals surface area contributed by atoms with E-state index < -0.39 is 22.9 Å². The third kappa shape index (κ3) is 5.52. The summed E-state index contributed by atoms with van der Waals surface area (Å²) in [6.07, 6.45) is 0.569. The summed E-state index contributed by atoms with van der Waals surface area (Å²) in [5, 5.41) is 6.67. The summed E-state index contributed by atoms with van der Waals surface area (Å²) >= 11 is 5.24. The van der Waals surface area contributed by atoms with Gasteiger partial charge in [-0.3, -0.25) is 14.4 Å². The molecular formula is C10H15ClO4. The SMILES string of the molecule is CC(C)(C)CCC(=O)C(=O)C(Cl)C(=O)O. The quantitative estimate of drug-likeness (QED) is 0.446. The summed E-state index contributed by atoms with van der Waals surface area (Å²) in [4.78, 5) is 32.7. The first kappa shape index (κ1) is 14.1. The van der Waals surface area contributed by atoms with Crippen LogP contribution >= 0.6 is 11.6 Å². The van der Waals surface area contributed by atoms with Gasteiger partial charge >= 0.3 is 5.97 Å². The summed E-state index contributed by atoms with van der Waals surface area (Å²) in [5.74, 6) is -3.23. The van der Waals surface area contributed by atoms with E-state index in [1.54, 1.807) is 0 Å². The number of carbonyl (C=O) groups excluding carboxylic acids is 2. The molecule has 0 heterocycles. The van der Waals surface area contributed by atoms with Crippen molar-refractivity contribution in [3.63, 3.8) is 0 Å². The molecule has 5 heteroatoms. The number of hydrogen-bond donors (Lipinski definition) is 1. The zero-order valence-electron chi connectivity index (χ0n) is 9.04. The van der Waals surface area contributed by atoms with E-state index in [0.29, 0.717) is 6.42 Å². The van der Waals surface area contributed by atoms with Crippen LogP contribution in [0.1, 0.15) is 33.6 Å². The number of rotatable bonds is 5. The molecule has 0 saturated heterocycles.